The number of aliphatic carboxylic acids is 1. The number of carboxylic acids is 1. The molecule has 1 saturated carbocycles. The third-order valence-electron chi connectivity index (χ3n) is 3.13. The van der Waals surface area contributed by atoms with Crippen LogP contribution in [0.15, 0.2) is 30.3 Å². The summed E-state index contributed by atoms with van der Waals surface area (Å²) in [4.78, 5) is 24.1. The molecule has 1 fully saturated rings. The van der Waals surface area contributed by atoms with Crippen molar-refractivity contribution in [1.82, 2.24) is 5.32 Å². The predicted molar refractivity (Wildman–Crippen MR) is 72.2 cm³/mol. The number of carbonyl (C=O) groups excluding carboxylic acids is 1. The summed E-state index contributed by atoms with van der Waals surface area (Å²) in [7, 11) is 0. The van der Waals surface area contributed by atoms with Gasteiger partial charge in [-0.1, -0.05) is 31.0 Å². The number of carboxylic acid groups (broad SMARTS) is 1. The summed E-state index contributed by atoms with van der Waals surface area (Å²) < 4.78 is 0. The minimum Gasteiger partial charge on any atom is -0.480 e. The smallest absolute Gasteiger partial charge is 0.323 e. The number of rotatable bonds is 6. The number of amides is 2. The summed E-state index contributed by atoms with van der Waals surface area (Å²) in [5, 5.41) is 11.7. The molecule has 0 unspecified atom stereocenters. The Morgan fingerprint density at radius 1 is 1.26 bits per heavy atom. The maximum absolute atomic E-state index is 12.0. The third kappa shape index (κ3) is 4.28. The molecule has 0 atom stereocenters. The lowest BCUT2D eigenvalue weighted by Crippen LogP contribution is -2.43. The molecule has 2 rings (SSSR count). The Balaban J connectivity index is 1.95. The monoisotopic (exact) mass is 262 g/mol. The highest BCUT2D eigenvalue weighted by molar-refractivity contribution is 5.96. The van der Waals surface area contributed by atoms with Gasteiger partial charge in [0.15, 0.2) is 0 Å². The van der Waals surface area contributed by atoms with Crippen LogP contribution < -0.4 is 10.2 Å². The Hall–Kier alpha value is -2.04. The maximum atomic E-state index is 12.0. The molecule has 1 aliphatic carbocycles. The topological polar surface area (TPSA) is 69.6 Å². The second kappa shape index (κ2) is 6.22. The molecule has 0 radical (unpaired) electrons. The molecule has 0 heterocycles. The molecule has 5 heteroatoms. The van der Waals surface area contributed by atoms with Gasteiger partial charge < -0.3 is 10.4 Å². The third-order valence-corrected chi connectivity index (χ3v) is 3.13. The lowest BCUT2D eigenvalue weighted by molar-refractivity contribution is -0.135. The van der Waals surface area contributed by atoms with Crippen LogP contribution in [0.25, 0.3) is 0 Å². The Morgan fingerprint density at radius 3 is 2.53 bits per heavy atom. The highest BCUT2D eigenvalue weighted by Gasteiger charge is 2.22. The normalized spacial score (nSPS) is 13.9. The standard InChI is InChI=1S/C14H18N2O3/c17-13(18)10-16(12-4-2-1-3-5-12)14(19)15-9-8-11-6-7-11/h1-5,11H,6-10H2,(H,15,19)(H,17,18). The van der Waals surface area contributed by atoms with Gasteiger partial charge in [0.1, 0.15) is 6.54 Å². The van der Waals surface area contributed by atoms with Crippen LogP contribution >= 0.6 is 0 Å². The van der Waals surface area contributed by atoms with Crippen LogP contribution in [0.3, 0.4) is 0 Å². The molecule has 5 nitrogen and oxygen atoms in total. The van der Waals surface area contributed by atoms with Crippen LogP contribution in [0.4, 0.5) is 10.5 Å². The van der Waals surface area contributed by atoms with Crippen molar-refractivity contribution in [2.45, 2.75) is 19.3 Å². The minimum atomic E-state index is -1.03. The number of nitrogens with one attached hydrogen (secondary N) is 1. The minimum absolute atomic E-state index is 0.334. The number of hydrogen-bond acceptors (Lipinski definition) is 2. The molecule has 1 aromatic carbocycles. The fraction of sp³-hybridized carbons (Fsp3) is 0.429. The van der Waals surface area contributed by atoms with Crippen molar-refractivity contribution >= 4 is 17.7 Å². The van der Waals surface area contributed by atoms with Crippen LogP contribution in [-0.2, 0) is 4.79 Å². The number of nitrogens with zero attached hydrogens (tertiary/aromatic N) is 1. The summed E-state index contributed by atoms with van der Waals surface area (Å²) >= 11 is 0. The molecule has 0 saturated heterocycles. The lowest BCUT2D eigenvalue weighted by atomic mass is 10.3. The summed E-state index contributed by atoms with van der Waals surface area (Å²) in [6.45, 7) is 0.270. The predicted octanol–water partition coefficient (Wildman–Crippen LogP) is 2.09. The molecule has 19 heavy (non-hydrogen) atoms. The molecule has 0 bridgehead atoms. The van der Waals surface area contributed by atoms with Gasteiger partial charge >= 0.3 is 12.0 Å². The number of carbonyl (C=O) groups is 2. The first kappa shape index (κ1) is 13.4. The average molecular weight is 262 g/mol. The molecule has 1 aliphatic rings. The van der Waals surface area contributed by atoms with E-state index in [0.717, 1.165) is 12.3 Å². The van der Waals surface area contributed by atoms with Gasteiger partial charge in [0, 0.05) is 12.2 Å². The zero-order valence-electron chi connectivity index (χ0n) is 10.7. The number of anilines is 1. The van der Waals surface area contributed by atoms with Crippen molar-refractivity contribution in [1.29, 1.82) is 0 Å². The van der Waals surface area contributed by atoms with Crippen molar-refractivity contribution in [3.63, 3.8) is 0 Å². The van der Waals surface area contributed by atoms with Gasteiger partial charge in [-0.2, -0.15) is 0 Å². The van der Waals surface area contributed by atoms with Crippen molar-refractivity contribution in [3.05, 3.63) is 30.3 Å². The first-order valence-corrected chi connectivity index (χ1v) is 6.49. The molecule has 0 aromatic heterocycles. The summed E-state index contributed by atoms with van der Waals surface area (Å²) in [5.74, 6) is -0.286. The molecule has 2 amide bonds. The maximum Gasteiger partial charge on any atom is 0.323 e. The van der Waals surface area contributed by atoms with Gasteiger partial charge in [-0.3, -0.25) is 9.69 Å². The van der Waals surface area contributed by atoms with E-state index in [1.54, 1.807) is 24.3 Å². The van der Waals surface area contributed by atoms with Gasteiger partial charge in [0.25, 0.3) is 0 Å². The Morgan fingerprint density at radius 2 is 1.95 bits per heavy atom. The van der Waals surface area contributed by atoms with E-state index < -0.39 is 5.97 Å². The van der Waals surface area contributed by atoms with Gasteiger partial charge in [0.2, 0.25) is 0 Å². The molecular formula is C14H18N2O3. The zero-order chi connectivity index (χ0) is 13.7. The van der Waals surface area contributed by atoms with Gasteiger partial charge in [0.05, 0.1) is 0 Å². The van der Waals surface area contributed by atoms with Crippen LogP contribution in [0, 0.1) is 5.92 Å². The van der Waals surface area contributed by atoms with E-state index >= 15 is 0 Å². The number of para-hydroxylation sites is 1. The van der Waals surface area contributed by atoms with Gasteiger partial charge in [-0.25, -0.2) is 4.79 Å². The van der Waals surface area contributed by atoms with E-state index in [-0.39, 0.29) is 12.6 Å². The van der Waals surface area contributed by atoms with Crippen LogP contribution in [0.2, 0.25) is 0 Å². The zero-order valence-corrected chi connectivity index (χ0v) is 10.7. The summed E-state index contributed by atoms with van der Waals surface area (Å²) in [6.07, 6.45) is 3.46. The van der Waals surface area contributed by atoms with Crippen molar-refractivity contribution in [3.8, 4) is 0 Å². The fourth-order valence-corrected chi connectivity index (χ4v) is 1.91. The van der Waals surface area contributed by atoms with Crippen LogP contribution in [-0.4, -0.2) is 30.2 Å². The highest BCUT2D eigenvalue weighted by atomic mass is 16.4. The Bertz CT molecular complexity index is 443. The van der Waals surface area contributed by atoms with E-state index in [2.05, 4.69) is 5.32 Å². The van der Waals surface area contributed by atoms with E-state index in [0.29, 0.717) is 12.2 Å². The number of benzene rings is 1. The van der Waals surface area contributed by atoms with E-state index in [9.17, 15) is 9.59 Å². The largest absolute Gasteiger partial charge is 0.480 e. The van der Waals surface area contributed by atoms with E-state index in [4.69, 9.17) is 5.11 Å². The van der Waals surface area contributed by atoms with Gasteiger partial charge in [-0.05, 0) is 24.5 Å². The van der Waals surface area contributed by atoms with Crippen LogP contribution in [0.5, 0.6) is 0 Å². The highest BCUT2D eigenvalue weighted by Crippen LogP contribution is 2.31. The first-order chi connectivity index (χ1) is 9.16. The lowest BCUT2D eigenvalue weighted by Gasteiger charge is -2.21. The van der Waals surface area contributed by atoms with E-state index in [1.165, 1.54) is 17.7 Å². The molecule has 0 spiro atoms. The van der Waals surface area contributed by atoms with Crippen molar-refractivity contribution in [2.24, 2.45) is 5.92 Å². The first-order valence-electron chi connectivity index (χ1n) is 6.49. The van der Waals surface area contributed by atoms with Crippen molar-refractivity contribution < 1.29 is 14.7 Å². The second-order valence-corrected chi connectivity index (χ2v) is 4.78. The summed E-state index contributed by atoms with van der Waals surface area (Å²) in [6, 6.07) is 8.48. The number of hydrogen-bond donors (Lipinski definition) is 2. The quantitative estimate of drug-likeness (QED) is 0.824. The number of urea groups is 1. The van der Waals surface area contributed by atoms with Crippen molar-refractivity contribution in [2.75, 3.05) is 18.0 Å². The molecule has 0 aliphatic heterocycles. The SMILES string of the molecule is O=C(O)CN(C(=O)NCCC1CC1)c1ccccc1. The van der Waals surface area contributed by atoms with E-state index in [1.807, 2.05) is 6.07 Å². The Kier molecular flexibility index (Phi) is 4.39. The molecule has 1 aromatic rings. The fourth-order valence-electron chi connectivity index (χ4n) is 1.91. The Labute approximate surface area is 112 Å². The molecule has 102 valence electrons. The molecular weight excluding hydrogens is 244 g/mol. The summed E-state index contributed by atoms with van der Waals surface area (Å²) in [5.41, 5.74) is 0.592. The van der Waals surface area contributed by atoms with Gasteiger partial charge in [-0.15, -0.1) is 0 Å². The molecule has 2 N–H and O–H groups in total. The average Bonchev–Trinajstić information content (AvgIpc) is 3.21. The van der Waals surface area contributed by atoms with Crippen LogP contribution in [0.1, 0.15) is 19.3 Å². The second-order valence-electron chi connectivity index (χ2n) is 4.78.